The van der Waals surface area contributed by atoms with Crippen molar-refractivity contribution in [1.82, 2.24) is 5.43 Å². The fourth-order valence-corrected chi connectivity index (χ4v) is 1.37. The zero-order valence-electron chi connectivity index (χ0n) is 9.89. The van der Waals surface area contributed by atoms with Crippen molar-refractivity contribution >= 4 is 11.7 Å². The number of rotatable bonds is 3. The lowest BCUT2D eigenvalue weighted by Crippen LogP contribution is -2.33. The van der Waals surface area contributed by atoms with E-state index >= 15 is 0 Å². The summed E-state index contributed by atoms with van der Waals surface area (Å²) in [6, 6.07) is 17.4. The lowest BCUT2D eigenvalue weighted by Gasteiger charge is -2.05. The summed E-state index contributed by atoms with van der Waals surface area (Å²) in [5.74, 6) is 0.464. The van der Waals surface area contributed by atoms with Crippen LogP contribution in [0, 0.1) is 10.1 Å². The summed E-state index contributed by atoms with van der Waals surface area (Å²) in [4.78, 5) is 14.6. The second-order valence-electron chi connectivity index (χ2n) is 3.54. The summed E-state index contributed by atoms with van der Waals surface area (Å²) >= 11 is 0. The van der Waals surface area contributed by atoms with Gasteiger partial charge in [-0.2, -0.15) is 4.99 Å². The monoisotopic (exact) mass is 257 g/mol. The number of hydrazine groups is 1. The van der Waals surface area contributed by atoms with Gasteiger partial charge in [0.2, 0.25) is 0 Å². The fraction of sp³-hybridized carbons (Fsp3) is 0. The molecule has 0 bridgehead atoms. The Labute approximate surface area is 109 Å². The molecule has 2 aromatic rings. The van der Waals surface area contributed by atoms with E-state index in [9.17, 15) is 10.1 Å². The third-order valence-corrected chi connectivity index (χ3v) is 2.13. The number of aliphatic imine (C=N–C) groups is 1. The molecule has 0 saturated carbocycles. The SMILES string of the molecule is O=[N+]([O-])NC(=Nc1ccccc1)Oc1ccccc1. The van der Waals surface area contributed by atoms with Gasteiger partial charge in [-0.25, -0.2) is 10.1 Å². The molecular weight excluding hydrogens is 246 g/mol. The van der Waals surface area contributed by atoms with Crippen LogP contribution in [0.2, 0.25) is 0 Å². The lowest BCUT2D eigenvalue weighted by atomic mass is 10.3. The molecule has 0 atom stereocenters. The molecule has 1 N–H and O–H groups in total. The van der Waals surface area contributed by atoms with Crippen molar-refractivity contribution in [3.8, 4) is 5.75 Å². The molecule has 0 spiro atoms. The maximum atomic E-state index is 10.5. The van der Waals surface area contributed by atoms with Crippen LogP contribution in [-0.4, -0.2) is 11.1 Å². The van der Waals surface area contributed by atoms with Gasteiger partial charge < -0.3 is 4.74 Å². The molecule has 2 rings (SSSR count). The van der Waals surface area contributed by atoms with Crippen molar-refractivity contribution in [2.24, 2.45) is 4.99 Å². The topological polar surface area (TPSA) is 76.8 Å². The van der Waals surface area contributed by atoms with Crippen LogP contribution >= 0.6 is 0 Å². The first-order valence-corrected chi connectivity index (χ1v) is 5.52. The van der Waals surface area contributed by atoms with Gasteiger partial charge in [0.15, 0.2) is 5.03 Å². The average molecular weight is 257 g/mol. The molecule has 0 aliphatic heterocycles. The quantitative estimate of drug-likeness (QED) is 0.396. The van der Waals surface area contributed by atoms with Crippen molar-refractivity contribution < 1.29 is 9.77 Å². The normalized spacial score (nSPS) is 10.8. The molecule has 96 valence electrons. The molecule has 2 aromatic carbocycles. The van der Waals surface area contributed by atoms with E-state index in [-0.39, 0.29) is 6.02 Å². The number of hydrogen-bond donors (Lipinski definition) is 1. The van der Waals surface area contributed by atoms with E-state index in [2.05, 4.69) is 4.99 Å². The second-order valence-corrected chi connectivity index (χ2v) is 3.54. The van der Waals surface area contributed by atoms with Gasteiger partial charge in [-0.15, -0.1) is 0 Å². The first-order valence-electron chi connectivity index (χ1n) is 5.52. The van der Waals surface area contributed by atoms with Gasteiger partial charge in [0, 0.05) is 0 Å². The zero-order chi connectivity index (χ0) is 13.5. The Bertz CT molecular complexity index is 570. The van der Waals surface area contributed by atoms with Crippen LogP contribution < -0.4 is 10.2 Å². The Balaban J connectivity index is 2.21. The minimum Gasteiger partial charge on any atom is -0.422 e. The smallest absolute Gasteiger partial charge is 0.355 e. The van der Waals surface area contributed by atoms with Crippen LogP contribution in [0.15, 0.2) is 65.7 Å². The first-order chi connectivity index (χ1) is 9.24. The van der Waals surface area contributed by atoms with Gasteiger partial charge in [0.05, 0.1) is 5.69 Å². The van der Waals surface area contributed by atoms with Crippen LogP contribution in [0.25, 0.3) is 0 Å². The number of nitrogens with one attached hydrogen (secondary N) is 1. The van der Waals surface area contributed by atoms with Crippen LogP contribution in [0.5, 0.6) is 5.75 Å². The summed E-state index contributed by atoms with van der Waals surface area (Å²) in [6.07, 6.45) is 0. The van der Waals surface area contributed by atoms with Crippen molar-refractivity contribution in [3.05, 3.63) is 70.8 Å². The lowest BCUT2D eigenvalue weighted by molar-refractivity contribution is -0.527. The van der Waals surface area contributed by atoms with E-state index in [4.69, 9.17) is 4.74 Å². The average Bonchev–Trinajstić information content (AvgIpc) is 2.40. The Kier molecular flexibility index (Phi) is 4.07. The van der Waals surface area contributed by atoms with Crippen molar-refractivity contribution in [1.29, 1.82) is 0 Å². The largest absolute Gasteiger partial charge is 0.422 e. The van der Waals surface area contributed by atoms with E-state index in [0.717, 1.165) is 0 Å². The number of para-hydroxylation sites is 2. The number of nitrogens with zero attached hydrogens (tertiary/aromatic N) is 2. The van der Waals surface area contributed by atoms with Crippen molar-refractivity contribution in [3.63, 3.8) is 0 Å². The van der Waals surface area contributed by atoms with Crippen molar-refractivity contribution in [2.45, 2.75) is 0 Å². The number of ether oxygens (including phenoxy) is 1. The fourth-order valence-electron chi connectivity index (χ4n) is 1.37. The molecule has 19 heavy (non-hydrogen) atoms. The summed E-state index contributed by atoms with van der Waals surface area (Å²) in [6.45, 7) is 0. The Morgan fingerprint density at radius 1 is 1.05 bits per heavy atom. The standard InChI is InChI=1S/C13H11N3O3/c17-16(18)15-13(14-11-7-3-1-4-8-11)19-12-9-5-2-6-10-12/h1-10H,(H,14,15). The highest BCUT2D eigenvalue weighted by atomic mass is 16.7. The predicted molar refractivity (Wildman–Crippen MR) is 70.7 cm³/mol. The maximum absolute atomic E-state index is 10.5. The van der Waals surface area contributed by atoms with Crippen LogP contribution in [0.4, 0.5) is 5.69 Å². The number of benzene rings is 2. The third kappa shape index (κ3) is 4.12. The minimum absolute atomic E-state index is 0.192. The molecule has 0 aromatic heterocycles. The molecule has 6 heteroatoms. The van der Waals surface area contributed by atoms with E-state index in [1.54, 1.807) is 48.5 Å². The highest BCUT2D eigenvalue weighted by molar-refractivity contribution is 5.78. The van der Waals surface area contributed by atoms with Gasteiger partial charge in [-0.3, -0.25) is 0 Å². The molecule has 6 nitrogen and oxygen atoms in total. The van der Waals surface area contributed by atoms with E-state index in [1.165, 1.54) is 0 Å². The van der Waals surface area contributed by atoms with E-state index in [0.29, 0.717) is 11.4 Å². The number of nitro groups is 1. The van der Waals surface area contributed by atoms with Crippen LogP contribution in [-0.2, 0) is 0 Å². The molecule has 0 heterocycles. The molecular formula is C13H11N3O3. The van der Waals surface area contributed by atoms with Crippen LogP contribution in [0.1, 0.15) is 0 Å². The summed E-state index contributed by atoms with van der Waals surface area (Å²) in [7, 11) is 0. The summed E-state index contributed by atoms with van der Waals surface area (Å²) < 4.78 is 5.33. The molecule has 0 radical (unpaired) electrons. The molecule has 0 aliphatic rings. The molecule has 0 saturated heterocycles. The zero-order valence-corrected chi connectivity index (χ0v) is 9.89. The van der Waals surface area contributed by atoms with Crippen molar-refractivity contribution in [2.75, 3.05) is 0 Å². The van der Waals surface area contributed by atoms with Gasteiger partial charge in [-0.05, 0) is 24.3 Å². The highest BCUT2D eigenvalue weighted by Gasteiger charge is 2.08. The number of hydrogen-bond acceptors (Lipinski definition) is 4. The molecule has 0 amide bonds. The second kappa shape index (κ2) is 6.15. The predicted octanol–water partition coefficient (Wildman–Crippen LogP) is 2.53. The molecule has 0 fully saturated rings. The van der Waals surface area contributed by atoms with Gasteiger partial charge >= 0.3 is 6.02 Å². The minimum atomic E-state index is -0.718. The Hall–Kier alpha value is -2.89. The highest BCUT2D eigenvalue weighted by Crippen LogP contribution is 2.13. The van der Waals surface area contributed by atoms with Crippen LogP contribution in [0.3, 0.4) is 0 Å². The van der Waals surface area contributed by atoms with E-state index in [1.807, 2.05) is 17.6 Å². The molecule has 0 unspecified atom stereocenters. The molecule has 0 aliphatic carbocycles. The Morgan fingerprint density at radius 2 is 1.63 bits per heavy atom. The third-order valence-electron chi connectivity index (χ3n) is 2.13. The maximum Gasteiger partial charge on any atom is 0.355 e. The van der Waals surface area contributed by atoms with Gasteiger partial charge in [0.1, 0.15) is 5.75 Å². The summed E-state index contributed by atoms with van der Waals surface area (Å²) in [5, 5.41) is 9.81. The summed E-state index contributed by atoms with van der Waals surface area (Å²) in [5.41, 5.74) is 2.48. The first kappa shape index (κ1) is 12.6. The number of amidine groups is 1. The van der Waals surface area contributed by atoms with Gasteiger partial charge in [-0.1, -0.05) is 41.8 Å². The van der Waals surface area contributed by atoms with E-state index < -0.39 is 5.03 Å². The van der Waals surface area contributed by atoms with Gasteiger partial charge in [0.25, 0.3) is 0 Å². The Morgan fingerprint density at radius 3 is 2.21 bits per heavy atom.